The van der Waals surface area contributed by atoms with Crippen LogP contribution in [0.25, 0.3) is 11.6 Å². The number of nitrogens with zero attached hydrogens (tertiary/aromatic N) is 1. The van der Waals surface area contributed by atoms with Crippen LogP contribution >= 0.6 is 0 Å². The standard InChI is InChI=1S/C16H11N/c17-11-13-7-4-10-16-14-8-2-1-5-12(14)6-3-9-15(13)16/h1-9H,10H2. The minimum absolute atomic E-state index is 0.757. The maximum absolute atomic E-state index is 9.15. The minimum Gasteiger partial charge on any atom is -0.192 e. The van der Waals surface area contributed by atoms with E-state index < -0.39 is 0 Å². The Hall–Kier alpha value is -2.33. The van der Waals surface area contributed by atoms with Crippen LogP contribution in [0.4, 0.5) is 0 Å². The van der Waals surface area contributed by atoms with E-state index in [1.54, 1.807) is 0 Å². The van der Waals surface area contributed by atoms with Gasteiger partial charge in [0.05, 0.1) is 11.6 Å². The fraction of sp³-hybridized carbons (Fsp3) is 0.0625. The molecular formula is C16H11N. The first-order valence-electron chi connectivity index (χ1n) is 5.68. The summed E-state index contributed by atoms with van der Waals surface area (Å²) in [5.41, 5.74) is 3.08. The topological polar surface area (TPSA) is 23.8 Å². The molecule has 1 aromatic rings. The molecule has 0 spiro atoms. The van der Waals surface area contributed by atoms with Gasteiger partial charge >= 0.3 is 0 Å². The monoisotopic (exact) mass is 217 g/mol. The van der Waals surface area contributed by atoms with Crippen LogP contribution in [-0.2, 0) is 0 Å². The molecule has 0 amide bonds. The molecule has 1 nitrogen and oxygen atoms in total. The predicted molar refractivity (Wildman–Crippen MR) is 69.1 cm³/mol. The molecular weight excluding hydrogens is 206 g/mol. The van der Waals surface area contributed by atoms with E-state index in [9.17, 15) is 0 Å². The van der Waals surface area contributed by atoms with E-state index in [1.165, 1.54) is 16.0 Å². The molecule has 0 aliphatic heterocycles. The average Bonchev–Trinajstić information content (AvgIpc) is 2.58. The van der Waals surface area contributed by atoms with Crippen molar-refractivity contribution < 1.29 is 0 Å². The number of fused-ring (bicyclic) bond motifs is 2. The van der Waals surface area contributed by atoms with Crippen LogP contribution in [0.3, 0.4) is 0 Å². The number of benzene rings is 1. The molecule has 0 fully saturated rings. The lowest BCUT2D eigenvalue weighted by Crippen LogP contribution is -2.26. The fourth-order valence-corrected chi connectivity index (χ4v) is 2.37. The summed E-state index contributed by atoms with van der Waals surface area (Å²) in [5.74, 6) is 0. The summed E-state index contributed by atoms with van der Waals surface area (Å²) in [7, 11) is 0. The van der Waals surface area contributed by atoms with E-state index in [0.717, 1.165) is 17.6 Å². The van der Waals surface area contributed by atoms with Crippen molar-refractivity contribution in [2.24, 2.45) is 0 Å². The van der Waals surface area contributed by atoms with E-state index in [-0.39, 0.29) is 0 Å². The first-order valence-corrected chi connectivity index (χ1v) is 5.68. The molecule has 0 saturated heterocycles. The Labute approximate surface area is 100 Å². The van der Waals surface area contributed by atoms with Gasteiger partial charge in [-0.15, -0.1) is 0 Å². The number of hydrogen-bond acceptors (Lipinski definition) is 1. The first-order chi connectivity index (χ1) is 8.40. The summed E-state index contributed by atoms with van der Waals surface area (Å²) in [6, 6.07) is 10.6. The average molecular weight is 217 g/mol. The van der Waals surface area contributed by atoms with Gasteiger partial charge in [-0.1, -0.05) is 48.6 Å². The zero-order valence-corrected chi connectivity index (χ0v) is 9.35. The molecule has 0 radical (unpaired) electrons. The number of hydrogen-bond donors (Lipinski definition) is 0. The molecule has 0 saturated carbocycles. The maximum atomic E-state index is 9.15. The van der Waals surface area contributed by atoms with Crippen LogP contribution in [0.15, 0.2) is 59.7 Å². The lowest BCUT2D eigenvalue weighted by Gasteiger charge is -2.12. The SMILES string of the molecule is N#CC1=C2C=CC=c3ccccc3=C2CC=C1. The molecule has 80 valence electrons. The van der Waals surface area contributed by atoms with Gasteiger partial charge in [0.2, 0.25) is 0 Å². The van der Waals surface area contributed by atoms with Gasteiger partial charge in [-0.2, -0.15) is 5.26 Å². The van der Waals surface area contributed by atoms with Gasteiger partial charge in [0.1, 0.15) is 0 Å². The maximum Gasteiger partial charge on any atom is 0.0997 e. The summed E-state index contributed by atoms with van der Waals surface area (Å²) >= 11 is 0. The molecule has 2 aliphatic rings. The zero-order chi connectivity index (χ0) is 11.7. The van der Waals surface area contributed by atoms with Gasteiger partial charge in [0.15, 0.2) is 0 Å². The number of rotatable bonds is 0. The van der Waals surface area contributed by atoms with Crippen molar-refractivity contribution in [1.82, 2.24) is 0 Å². The Morgan fingerprint density at radius 3 is 2.88 bits per heavy atom. The Kier molecular flexibility index (Phi) is 2.27. The molecule has 0 heterocycles. The zero-order valence-electron chi connectivity index (χ0n) is 9.35. The molecule has 0 N–H and O–H groups in total. The third-order valence-corrected chi connectivity index (χ3v) is 3.17. The highest BCUT2D eigenvalue weighted by Gasteiger charge is 2.12. The van der Waals surface area contributed by atoms with Crippen molar-refractivity contribution in [1.29, 1.82) is 5.26 Å². The lowest BCUT2D eigenvalue weighted by atomic mass is 9.91. The van der Waals surface area contributed by atoms with Crippen LogP contribution in [0.1, 0.15) is 6.42 Å². The van der Waals surface area contributed by atoms with Gasteiger partial charge in [-0.3, -0.25) is 0 Å². The highest BCUT2D eigenvalue weighted by Crippen LogP contribution is 2.26. The number of allylic oxidation sites excluding steroid dienone is 6. The minimum atomic E-state index is 0.757. The molecule has 1 aromatic carbocycles. The van der Waals surface area contributed by atoms with E-state index in [1.807, 2.05) is 30.4 Å². The normalized spacial score (nSPS) is 16.8. The van der Waals surface area contributed by atoms with Gasteiger partial charge < -0.3 is 0 Å². The quantitative estimate of drug-likeness (QED) is 0.651. The molecule has 0 atom stereocenters. The second-order valence-electron chi connectivity index (χ2n) is 4.14. The summed E-state index contributed by atoms with van der Waals surface area (Å²) in [6.07, 6.45) is 11.0. The molecule has 3 rings (SSSR count). The smallest absolute Gasteiger partial charge is 0.0997 e. The van der Waals surface area contributed by atoms with Crippen LogP contribution < -0.4 is 10.4 Å². The Morgan fingerprint density at radius 2 is 2.00 bits per heavy atom. The van der Waals surface area contributed by atoms with Crippen LogP contribution in [0.2, 0.25) is 0 Å². The van der Waals surface area contributed by atoms with Crippen molar-refractivity contribution in [3.05, 3.63) is 70.2 Å². The Balaban J connectivity index is 2.46. The molecule has 1 heteroatoms. The van der Waals surface area contributed by atoms with Crippen LogP contribution in [-0.4, -0.2) is 0 Å². The second-order valence-corrected chi connectivity index (χ2v) is 4.14. The van der Waals surface area contributed by atoms with E-state index in [2.05, 4.69) is 30.4 Å². The Bertz CT molecular complexity index is 722. The third kappa shape index (κ3) is 1.55. The summed E-state index contributed by atoms with van der Waals surface area (Å²) in [5, 5.41) is 11.6. The molecule has 17 heavy (non-hydrogen) atoms. The second kappa shape index (κ2) is 3.92. The summed E-state index contributed by atoms with van der Waals surface area (Å²) < 4.78 is 0. The van der Waals surface area contributed by atoms with Gasteiger partial charge in [-0.25, -0.2) is 0 Å². The first kappa shape index (κ1) is 9.86. The van der Waals surface area contributed by atoms with Crippen LogP contribution in [0, 0.1) is 11.3 Å². The van der Waals surface area contributed by atoms with Crippen molar-refractivity contribution in [2.75, 3.05) is 0 Å². The molecule has 2 aliphatic carbocycles. The summed E-state index contributed by atoms with van der Waals surface area (Å²) in [6.45, 7) is 0. The highest BCUT2D eigenvalue weighted by atomic mass is 14.3. The van der Waals surface area contributed by atoms with Gasteiger partial charge in [0, 0.05) is 0 Å². The molecule has 0 bridgehead atoms. The van der Waals surface area contributed by atoms with Gasteiger partial charge in [-0.05, 0) is 34.1 Å². The summed E-state index contributed by atoms with van der Waals surface area (Å²) in [4.78, 5) is 0. The van der Waals surface area contributed by atoms with E-state index >= 15 is 0 Å². The molecule has 0 unspecified atom stereocenters. The van der Waals surface area contributed by atoms with Crippen molar-refractivity contribution in [3.63, 3.8) is 0 Å². The van der Waals surface area contributed by atoms with Gasteiger partial charge in [0.25, 0.3) is 0 Å². The highest BCUT2D eigenvalue weighted by molar-refractivity contribution is 5.78. The van der Waals surface area contributed by atoms with Crippen molar-refractivity contribution in [2.45, 2.75) is 6.42 Å². The van der Waals surface area contributed by atoms with Crippen molar-refractivity contribution >= 4 is 11.6 Å². The predicted octanol–water partition coefficient (Wildman–Crippen LogP) is 1.97. The van der Waals surface area contributed by atoms with E-state index in [0.29, 0.717) is 0 Å². The fourth-order valence-electron chi connectivity index (χ4n) is 2.37. The largest absolute Gasteiger partial charge is 0.192 e. The number of nitriles is 1. The molecule has 0 aromatic heterocycles. The van der Waals surface area contributed by atoms with Crippen LogP contribution in [0.5, 0.6) is 0 Å². The van der Waals surface area contributed by atoms with Crippen molar-refractivity contribution in [3.8, 4) is 6.07 Å². The lowest BCUT2D eigenvalue weighted by molar-refractivity contribution is 1.29. The third-order valence-electron chi connectivity index (χ3n) is 3.17. The van der Waals surface area contributed by atoms with E-state index in [4.69, 9.17) is 5.26 Å². The Morgan fingerprint density at radius 1 is 1.12 bits per heavy atom.